The van der Waals surface area contributed by atoms with Crippen molar-refractivity contribution in [2.45, 2.75) is 45.1 Å². The molecule has 0 spiro atoms. The lowest BCUT2D eigenvalue weighted by Gasteiger charge is -2.16. The Labute approximate surface area is 109 Å². The molecule has 0 aliphatic heterocycles. The molecule has 1 aromatic rings. The number of hydrogen-bond donors (Lipinski definition) is 2. The van der Waals surface area contributed by atoms with E-state index in [0.29, 0.717) is 13.0 Å². The molecule has 100 valence electrons. The molecule has 18 heavy (non-hydrogen) atoms. The van der Waals surface area contributed by atoms with Crippen molar-refractivity contribution < 1.29 is 4.79 Å². The Morgan fingerprint density at radius 3 is 3.00 bits per heavy atom. The molecular formula is C14H23N3O. The van der Waals surface area contributed by atoms with Crippen LogP contribution < -0.4 is 11.1 Å². The summed E-state index contributed by atoms with van der Waals surface area (Å²) in [6.07, 6.45) is 7.95. The summed E-state index contributed by atoms with van der Waals surface area (Å²) < 4.78 is 0. The third kappa shape index (κ3) is 5.77. The summed E-state index contributed by atoms with van der Waals surface area (Å²) in [5.41, 5.74) is 6.73. The molecule has 1 heterocycles. The van der Waals surface area contributed by atoms with Gasteiger partial charge in [0.15, 0.2) is 0 Å². The van der Waals surface area contributed by atoms with Gasteiger partial charge in [-0.25, -0.2) is 0 Å². The van der Waals surface area contributed by atoms with Gasteiger partial charge in [-0.15, -0.1) is 0 Å². The van der Waals surface area contributed by atoms with Gasteiger partial charge in [0, 0.05) is 31.4 Å². The van der Waals surface area contributed by atoms with E-state index in [1.54, 1.807) is 12.4 Å². The van der Waals surface area contributed by atoms with Crippen LogP contribution in [0.1, 0.15) is 38.2 Å². The Morgan fingerprint density at radius 1 is 1.56 bits per heavy atom. The maximum atomic E-state index is 11.8. The van der Waals surface area contributed by atoms with Crippen LogP contribution in [0.15, 0.2) is 24.5 Å². The monoisotopic (exact) mass is 249 g/mol. The standard InChI is InChI=1S/C14H23N3O/c1-2-3-6-13(10-15)17-14(18)8-7-12-5-4-9-16-11-12/h4-5,9,11,13H,2-3,6-8,10,15H2,1H3,(H,17,18). The van der Waals surface area contributed by atoms with Crippen molar-refractivity contribution in [2.75, 3.05) is 6.54 Å². The molecule has 1 aromatic heterocycles. The van der Waals surface area contributed by atoms with Gasteiger partial charge < -0.3 is 11.1 Å². The molecule has 1 rings (SSSR count). The van der Waals surface area contributed by atoms with E-state index >= 15 is 0 Å². The molecule has 0 aromatic carbocycles. The minimum atomic E-state index is 0.0745. The van der Waals surface area contributed by atoms with Gasteiger partial charge in [-0.1, -0.05) is 25.8 Å². The number of amides is 1. The fourth-order valence-corrected chi connectivity index (χ4v) is 1.80. The number of rotatable bonds is 8. The smallest absolute Gasteiger partial charge is 0.220 e. The average Bonchev–Trinajstić information content (AvgIpc) is 2.42. The number of aryl methyl sites for hydroxylation is 1. The van der Waals surface area contributed by atoms with Crippen LogP contribution in [0.3, 0.4) is 0 Å². The van der Waals surface area contributed by atoms with Gasteiger partial charge in [-0.2, -0.15) is 0 Å². The van der Waals surface area contributed by atoms with Crippen LogP contribution in [0.5, 0.6) is 0 Å². The van der Waals surface area contributed by atoms with E-state index in [0.717, 1.165) is 31.2 Å². The number of aromatic nitrogens is 1. The second kappa shape index (κ2) is 8.64. The second-order valence-electron chi connectivity index (χ2n) is 4.50. The number of carbonyl (C=O) groups excluding carboxylic acids is 1. The molecule has 0 fully saturated rings. The summed E-state index contributed by atoms with van der Waals surface area (Å²) in [6.45, 7) is 2.65. The second-order valence-corrected chi connectivity index (χ2v) is 4.50. The van der Waals surface area contributed by atoms with Crippen LogP contribution >= 0.6 is 0 Å². The van der Waals surface area contributed by atoms with E-state index in [9.17, 15) is 4.79 Å². The van der Waals surface area contributed by atoms with Crippen LogP contribution in [-0.4, -0.2) is 23.5 Å². The molecular weight excluding hydrogens is 226 g/mol. The van der Waals surface area contributed by atoms with Crippen LogP contribution in [0.2, 0.25) is 0 Å². The van der Waals surface area contributed by atoms with Crippen molar-refractivity contribution in [3.63, 3.8) is 0 Å². The van der Waals surface area contributed by atoms with E-state index in [-0.39, 0.29) is 11.9 Å². The largest absolute Gasteiger partial charge is 0.352 e. The van der Waals surface area contributed by atoms with E-state index in [2.05, 4.69) is 17.2 Å². The number of nitrogens with one attached hydrogen (secondary N) is 1. The van der Waals surface area contributed by atoms with Gasteiger partial charge in [-0.05, 0) is 24.5 Å². The zero-order valence-corrected chi connectivity index (χ0v) is 11.1. The van der Waals surface area contributed by atoms with Crippen molar-refractivity contribution >= 4 is 5.91 Å². The maximum absolute atomic E-state index is 11.8. The van der Waals surface area contributed by atoms with E-state index in [1.165, 1.54) is 0 Å². The van der Waals surface area contributed by atoms with E-state index in [4.69, 9.17) is 5.73 Å². The molecule has 1 unspecified atom stereocenters. The summed E-state index contributed by atoms with van der Waals surface area (Å²) in [7, 11) is 0. The topological polar surface area (TPSA) is 68.0 Å². The molecule has 0 bridgehead atoms. The SMILES string of the molecule is CCCCC(CN)NC(=O)CCc1cccnc1. The lowest BCUT2D eigenvalue weighted by atomic mass is 10.1. The predicted molar refractivity (Wildman–Crippen MR) is 73.1 cm³/mol. The highest BCUT2D eigenvalue weighted by atomic mass is 16.1. The molecule has 0 aliphatic carbocycles. The van der Waals surface area contributed by atoms with Crippen LogP contribution in [0.25, 0.3) is 0 Å². The zero-order valence-electron chi connectivity index (χ0n) is 11.1. The number of pyridine rings is 1. The lowest BCUT2D eigenvalue weighted by Crippen LogP contribution is -2.40. The molecule has 4 heteroatoms. The normalized spacial score (nSPS) is 12.1. The molecule has 1 amide bonds. The van der Waals surface area contributed by atoms with Crippen LogP contribution in [0, 0.1) is 0 Å². The number of hydrogen-bond acceptors (Lipinski definition) is 3. The Balaban J connectivity index is 2.28. The van der Waals surface area contributed by atoms with Crippen molar-refractivity contribution in [2.24, 2.45) is 5.73 Å². The van der Waals surface area contributed by atoms with Gasteiger partial charge in [0.1, 0.15) is 0 Å². The van der Waals surface area contributed by atoms with Gasteiger partial charge in [0.2, 0.25) is 5.91 Å². The summed E-state index contributed by atoms with van der Waals surface area (Å²) in [5, 5.41) is 2.99. The quantitative estimate of drug-likeness (QED) is 0.736. The molecule has 0 saturated carbocycles. The Kier molecular flexibility index (Phi) is 7.03. The first-order valence-electron chi connectivity index (χ1n) is 6.64. The Bertz CT molecular complexity index is 340. The highest BCUT2D eigenvalue weighted by Gasteiger charge is 2.09. The van der Waals surface area contributed by atoms with Crippen molar-refractivity contribution in [1.82, 2.24) is 10.3 Å². The molecule has 4 nitrogen and oxygen atoms in total. The van der Waals surface area contributed by atoms with Crippen LogP contribution in [0.4, 0.5) is 0 Å². The van der Waals surface area contributed by atoms with Crippen molar-refractivity contribution in [3.05, 3.63) is 30.1 Å². The fraction of sp³-hybridized carbons (Fsp3) is 0.571. The third-order valence-corrected chi connectivity index (χ3v) is 2.92. The van der Waals surface area contributed by atoms with Gasteiger partial charge >= 0.3 is 0 Å². The van der Waals surface area contributed by atoms with Crippen molar-refractivity contribution in [1.29, 1.82) is 0 Å². The van der Waals surface area contributed by atoms with Gasteiger partial charge in [-0.3, -0.25) is 9.78 Å². The summed E-state index contributed by atoms with van der Waals surface area (Å²) >= 11 is 0. The summed E-state index contributed by atoms with van der Waals surface area (Å²) in [6, 6.07) is 3.99. The zero-order chi connectivity index (χ0) is 13.2. The van der Waals surface area contributed by atoms with Gasteiger partial charge in [0.25, 0.3) is 0 Å². The minimum absolute atomic E-state index is 0.0745. The fourth-order valence-electron chi connectivity index (χ4n) is 1.80. The summed E-state index contributed by atoms with van der Waals surface area (Å²) in [5.74, 6) is 0.0745. The maximum Gasteiger partial charge on any atom is 0.220 e. The molecule has 3 N–H and O–H groups in total. The number of carbonyl (C=O) groups is 1. The first kappa shape index (κ1) is 14.6. The average molecular weight is 249 g/mol. The summed E-state index contributed by atoms with van der Waals surface area (Å²) in [4.78, 5) is 15.8. The highest BCUT2D eigenvalue weighted by Crippen LogP contribution is 2.02. The molecule has 1 atom stereocenters. The lowest BCUT2D eigenvalue weighted by molar-refractivity contribution is -0.121. The molecule has 0 radical (unpaired) electrons. The first-order chi connectivity index (χ1) is 8.76. The van der Waals surface area contributed by atoms with Gasteiger partial charge in [0.05, 0.1) is 0 Å². The van der Waals surface area contributed by atoms with Crippen molar-refractivity contribution in [3.8, 4) is 0 Å². The number of nitrogens with two attached hydrogens (primary N) is 1. The first-order valence-corrected chi connectivity index (χ1v) is 6.64. The van der Waals surface area contributed by atoms with E-state index < -0.39 is 0 Å². The highest BCUT2D eigenvalue weighted by molar-refractivity contribution is 5.76. The Morgan fingerprint density at radius 2 is 2.39 bits per heavy atom. The van der Waals surface area contributed by atoms with E-state index in [1.807, 2.05) is 12.1 Å². The molecule has 0 aliphatic rings. The van der Waals surface area contributed by atoms with Crippen LogP contribution in [-0.2, 0) is 11.2 Å². The number of unbranched alkanes of at least 4 members (excludes halogenated alkanes) is 1. The molecule has 0 saturated heterocycles. The Hall–Kier alpha value is -1.42. The number of nitrogens with zero attached hydrogens (tertiary/aromatic N) is 1. The predicted octanol–water partition coefficient (Wildman–Crippen LogP) is 1.65. The minimum Gasteiger partial charge on any atom is -0.352 e. The third-order valence-electron chi connectivity index (χ3n) is 2.92.